The van der Waals surface area contributed by atoms with Crippen LogP contribution in [0.3, 0.4) is 0 Å². The summed E-state index contributed by atoms with van der Waals surface area (Å²) in [5.74, 6) is 4.38. The van der Waals surface area contributed by atoms with Crippen LogP contribution in [0.5, 0.6) is 11.5 Å². The fourth-order valence-electron chi connectivity index (χ4n) is 4.42. The predicted molar refractivity (Wildman–Crippen MR) is 122 cm³/mol. The van der Waals surface area contributed by atoms with Crippen LogP contribution in [-0.2, 0) is 24.2 Å². The number of H-pyrrole nitrogens is 1. The van der Waals surface area contributed by atoms with Crippen LogP contribution in [0.1, 0.15) is 30.7 Å². The Labute approximate surface area is 188 Å². The minimum absolute atomic E-state index is 0.0341. The predicted octanol–water partition coefficient (Wildman–Crippen LogP) is 1.96. The van der Waals surface area contributed by atoms with Crippen molar-refractivity contribution in [2.75, 3.05) is 38.3 Å². The van der Waals surface area contributed by atoms with Gasteiger partial charge in [-0.2, -0.15) is 0 Å². The maximum absolute atomic E-state index is 12.7. The second-order valence-electron chi connectivity index (χ2n) is 8.42. The van der Waals surface area contributed by atoms with Gasteiger partial charge >= 0.3 is 0 Å². The number of aromatic amines is 1. The highest BCUT2D eigenvalue weighted by Crippen LogP contribution is 2.29. The van der Waals surface area contributed by atoms with E-state index in [4.69, 9.17) is 25.6 Å². The molecule has 8 heteroatoms. The molecule has 32 heavy (non-hydrogen) atoms. The zero-order valence-electron chi connectivity index (χ0n) is 18.9. The van der Waals surface area contributed by atoms with Gasteiger partial charge in [0.05, 0.1) is 25.0 Å². The van der Waals surface area contributed by atoms with E-state index in [1.165, 1.54) is 0 Å². The molecule has 0 unspecified atom stereocenters. The molecule has 0 bridgehead atoms. The molecule has 3 heterocycles. The summed E-state index contributed by atoms with van der Waals surface area (Å²) in [4.78, 5) is 25.0. The Morgan fingerprint density at radius 3 is 2.78 bits per heavy atom. The standard InChI is InChI=1S/C24H30N4O4/c1-5-10-31-21-7-6-18(11-22(21)30-4)14-27-9-8-19-20(15-27)25-24(26-23(19)29)28-12-16(2)32-17(3)13-28/h1,6-7,11,16-17H,8-10,12-15H2,2-4H3,(H,25,26,29)/t16-,17-/m1/s1. The summed E-state index contributed by atoms with van der Waals surface area (Å²) in [6, 6.07) is 5.86. The lowest BCUT2D eigenvalue weighted by atomic mass is 10.1. The zero-order chi connectivity index (χ0) is 22.7. The van der Waals surface area contributed by atoms with E-state index in [2.05, 4.69) is 20.7 Å². The molecule has 170 valence electrons. The Bertz CT molecular complexity index is 1050. The summed E-state index contributed by atoms with van der Waals surface area (Å²) in [5.41, 5.74) is 2.70. The normalized spacial score (nSPS) is 21.0. The number of nitrogens with one attached hydrogen (secondary N) is 1. The number of terminal acetylenes is 1. The number of anilines is 1. The number of hydrogen-bond donors (Lipinski definition) is 1. The van der Waals surface area contributed by atoms with Crippen LogP contribution in [-0.4, -0.2) is 60.4 Å². The Balaban J connectivity index is 1.50. The van der Waals surface area contributed by atoms with E-state index in [1.54, 1.807) is 7.11 Å². The smallest absolute Gasteiger partial charge is 0.255 e. The van der Waals surface area contributed by atoms with E-state index >= 15 is 0 Å². The van der Waals surface area contributed by atoms with Crippen LogP contribution in [0, 0.1) is 12.3 Å². The highest BCUT2D eigenvalue weighted by molar-refractivity contribution is 5.43. The third kappa shape index (κ3) is 4.90. The molecule has 0 spiro atoms. The van der Waals surface area contributed by atoms with Gasteiger partial charge in [0.2, 0.25) is 5.95 Å². The summed E-state index contributed by atoms with van der Waals surface area (Å²) in [7, 11) is 1.62. The van der Waals surface area contributed by atoms with Gasteiger partial charge < -0.3 is 19.1 Å². The molecular weight excluding hydrogens is 408 g/mol. The SMILES string of the molecule is C#CCOc1ccc(CN2CCc3c(nc(N4C[C@@H](C)O[C@H](C)C4)[nH]c3=O)C2)cc1OC. The van der Waals surface area contributed by atoms with Crippen LogP contribution in [0.15, 0.2) is 23.0 Å². The number of methoxy groups -OCH3 is 1. The molecule has 2 aliphatic rings. The summed E-state index contributed by atoms with van der Waals surface area (Å²) >= 11 is 0. The summed E-state index contributed by atoms with van der Waals surface area (Å²) in [5, 5.41) is 0. The van der Waals surface area contributed by atoms with E-state index < -0.39 is 0 Å². The molecule has 2 aromatic rings. The third-order valence-electron chi connectivity index (χ3n) is 5.80. The maximum atomic E-state index is 12.7. The summed E-state index contributed by atoms with van der Waals surface area (Å²) in [6.07, 6.45) is 6.15. The molecule has 0 saturated carbocycles. The molecule has 1 saturated heterocycles. The molecule has 0 amide bonds. The Hall–Kier alpha value is -3.02. The number of hydrogen-bond acceptors (Lipinski definition) is 7. The summed E-state index contributed by atoms with van der Waals surface area (Å²) < 4.78 is 16.8. The van der Waals surface area contributed by atoms with Crippen LogP contribution < -0.4 is 19.9 Å². The topological polar surface area (TPSA) is 79.9 Å². The van der Waals surface area contributed by atoms with Crippen LogP contribution in [0.2, 0.25) is 0 Å². The molecule has 1 aromatic carbocycles. The second-order valence-corrected chi connectivity index (χ2v) is 8.42. The maximum Gasteiger partial charge on any atom is 0.255 e. The molecule has 1 aromatic heterocycles. The van der Waals surface area contributed by atoms with Crippen LogP contribution in [0.25, 0.3) is 0 Å². The van der Waals surface area contributed by atoms with Gasteiger partial charge in [0.1, 0.15) is 6.61 Å². The van der Waals surface area contributed by atoms with Crippen molar-refractivity contribution in [2.45, 2.75) is 45.6 Å². The van der Waals surface area contributed by atoms with Crippen molar-refractivity contribution < 1.29 is 14.2 Å². The molecule has 2 aliphatic heterocycles. The third-order valence-corrected chi connectivity index (χ3v) is 5.80. The van der Waals surface area contributed by atoms with Crippen molar-refractivity contribution in [2.24, 2.45) is 0 Å². The molecule has 0 aliphatic carbocycles. The first-order valence-electron chi connectivity index (χ1n) is 10.9. The van der Waals surface area contributed by atoms with Gasteiger partial charge in [-0.3, -0.25) is 14.7 Å². The molecule has 8 nitrogen and oxygen atoms in total. The van der Waals surface area contributed by atoms with Gasteiger partial charge in [-0.05, 0) is 38.0 Å². The van der Waals surface area contributed by atoms with E-state index in [0.29, 0.717) is 43.5 Å². The van der Waals surface area contributed by atoms with E-state index in [-0.39, 0.29) is 24.4 Å². The fraction of sp³-hybridized carbons (Fsp3) is 0.500. The zero-order valence-corrected chi connectivity index (χ0v) is 18.9. The first-order chi connectivity index (χ1) is 15.5. The Kier molecular flexibility index (Phi) is 6.68. The lowest BCUT2D eigenvalue weighted by Gasteiger charge is -2.36. The number of aromatic nitrogens is 2. The number of fused-ring (bicyclic) bond motifs is 1. The van der Waals surface area contributed by atoms with E-state index in [0.717, 1.165) is 29.9 Å². The lowest BCUT2D eigenvalue weighted by molar-refractivity contribution is -0.00576. The average Bonchev–Trinajstić information content (AvgIpc) is 2.77. The van der Waals surface area contributed by atoms with Gasteiger partial charge in [0, 0.05) is 38.3 Å². The molecule has 1 fully saturated rings. The average molecular weight is 439 g/mol. The van der Waals surface area contributed by atoms with Crippen molar-refractivity contribution in [3.63, 3.8) is 0 Å². The van der Waals surface area contributed by atoms with Gasteiger partial charge in [0.15, 0.2) is 11.5 Å². The molecule has 2 atom stereocenters. The van der Waals surface area contributed by atoms with Gasteiger partial charge in [-0.15, -0.1) is 6.42 Å². The van der Waals surface area contributed by atoms with Crippen molar-refractivity contribution in [1.29, 1.82) is 0 Å². The van der Waals surface area contributed by atoms with Crippen molar-refractivity contribution in [3.05, 3.63) is 45.4 Å². The Morgan fingerprint density at radius 1 is 1.28 bits per heavy atom. The number of rotatable bonds is 6. The lowest BCUT2D eigenvalue weighted by Crippen LogP contribution is -2.47. The fourth-order valence-corrected chi connectivity index (χ4v) is 4.42. The Morgan fingerprint density at radius 2 is 2.06 bits per heavy atom. The molecule has 1 N–H and O–H groups in total. The van der Waals surface area contributed by atoms with Gasteiger partial charge in [0.25, 0.3) is 5.56 Å². The van der Waals surface area contributed by atoms with E-state index in [1.807, 2.05) is 32.0 Å². The first-order valence-corrected chi connectivity index (χ1v) is 10.9. The minimum atomic E-state index is -0.0341. The van der Waals surface area contributed by atoms with Crippen molar-refractivity contribution in [3.8, 4) is 23.8 Å². The highest BCUT2D eigenvalue weighted by atomic mass is 16.5. The van der Waals surface area contributed by atoms with Crippen molar-refractivity contribution >= 4 is 5.95 Å². The molecule has 4 rings (SSSR count). The van der Waals surface area contributed by atoms with Crippen LogP contribution >= 0.6 is 0 Å². The monoisotopic (exact) mass is 438 g/mol. The number of morpholine rings is 1. The first kappa shape index (κ1) is 22.2. The van der Waals surface area contributed by atoms with Crippen molar-refractivity contribution in [1.82, 2.24) is 14.9 Å². The number of ether oxygens (including phenoxy) is 3. The van der Waals surface area contributed by atoms with Gasteiger partial charge in [-0.25, -0.2) is 4.98 Å². The largest absolute Gasteiger partial charge is 0.493 e. The van der Waals surface area contributed by atoms with Crippen LogP contribution in [0.4, 0.5) is 5.95 Å². The van der Waals surface area contributed by atoms with Gasteiger partial charge in [-0.1, -0.05) is 12.0 Å². The number of nitrogens with zero attached hydrogens (tertiary/aromatic N) is 3. The minimum Gasteiger partial charge on any atom is -0.493 e. The summed E-state index contributed by atoms with van der Waals surface area (Å²) in [6.45, 7) is 7.84. The second kappa shape index (κ2) is 9.63. The highest BCUT2D eigenvalue weighted by Gasteiger charge is 2.27. The quantitative estimate of drug-likeness (QED) is 0.691. The molecule has 0 radical (unpaired) electrons. The van der Waals surface area contributed by atoms with E-state index in [9.17, 15) is 4.79 Å². The number of benzene rings is 1. The molecular formula is C24H30N4O4.